The lowest BCUT2D eigenvalue weighted by Gasteiger charge is -2.12. The average molecular weight is 414 g/mol. The fraction of sp³-hybridized carbons (Fsp3) is 0.176. The van der Waals surface area contributed by atoms with Gasteiger partial charge < -0.3 is 14.8 Å². The zero-order chi connectivity index (χ0) is 18.9. The van der Waals surface area contributed by atoms with Crippen LogP contribution in [0.5, 0.6) is 11.5 Å². The summed E-state index contributed by atoms with van der Waals surface area (Å²) in [5.41, 5.74) is 6.04. The Labute approximate surface area is 166 Å². The first-order valence-corrected chi connectivity index (χ1v) is 8.68. The minimum atomic E-state index is -0.412. The highest BCUT2D eigenvalue weighted by molar-refractivity contribution is 7.80. The van der Waals surface area contributed by atoms with Crippen molar-refractivity contribution in [2.45, 2.75) is 6.54 Å². The van der Waals surface area contributed by atoms with Crippen LogP contribution in [0.3, 0.4) is 0 Å². The fourth-order valence-electron chi connectivity index (χ4n) is 1.87. The average Bonchev–Trinajstić information content (AvgIpc) is 2.64. The van der Waals surface area contributed by atoms with Gasteiger partial charge >= 0.3 is 0 Å². The van der Waals surface area contributed by atoms with Gasteiger partial charge in [0.2, 0.25) is 0 Å². The SMILES string of the molecule is COc1ccc(CNC(=S)NNC(=O)COc2ccc(Cl)cc2Cl)cc1. The van der Waals surface area contributed by atoms with Crippen molar-refractivity contribution in [2.75, 3.05) is 13.7 Å². The molecule has 2 aromatic rings. The van der Waals surface area contributed by atoms with E-state index in [1.807, 2.05) is 24.3 Å². The van der Waals surface area contributed by atoms with Gasteiger partial charge in [0.05, 0.1) is 12.1 Å². The maximum absolute atomic E-state index is 11.8. The smallest absolute Gasteiger partial charge is 0.276 e. The number of nitrogens with one attached hydrogen (secondary N) is 3. The highest BCUT2D eigenvalue weighted by Crippen LogP contribution is 2.27. The van der Waals surface area contributed by atoms with Gasteiger partial charge in [0.25, 0.3) is 5.91 Å². The van der Waals surface area contributed by atoms with E-state index in [0.717, 1.165) is 11.3 Å². The van der Waals surface area contributed by atoms with Crippen LogP contribution < -0.4 is 25.6 Å². The Balaban J connectivity index is 1.68. The van der Waals surface area contributed by atoms with Crippen LogP contribution in [0.25, 0.3) is 0 Å². The summed E-state index contributed by atoms with van der Waals surface area (Å²) < 4.78 is 10.4. The Kier molecular flexibility index (Phi) is 7.77. The summed E-state index contributed by atoms with van der Waals surface area (Å²) >= 11 is 16.9. The lowest BCUT2D eigenvalue weighted by molar-refractivity contribution is -0.123. The molecule has 3 N–H and O–H groups in total. The molecule has 0 bridgehead atoms. The Bertz CT molecular complexity index is 772. The number of thiocarbonyl (C=S) groups is 1. The molecule has 138 valence electrons. The van der Waals surface area contributed by atoms with Gasteiger partial charge in [-0.25, -0.2) is 0 Å². The van der Waals surface area contributed by atoms with Gasteiger partial charge in [0.1, 0.15) is 11.5 Å². The minimum Gasteiger partial charge on any atom is -0.497 e. The molecule has 0 saturated heterocycles. The maximum Gasteiger partial charge on any atom is 0.276 e. The second kappa shape index (κ2) is 10.1. The van der Waals surface area contributed by atoms with Crippen LogP contribution in [0, 0.1) is 0 Å². The number of benzene rings is 2. The van der Waals surface area contributed by atoms with Gasteiger partial charge in [-0.05, 0) is 48.1 Å². The normalized spacial score (nSPS) is 9.96. The van der Waals surface area contributed by atoms with Crippen molar-refractivity contribution in [1.82, 2.24) is 16.2 Å². The van der Waals surface area contributed by atoms with E-state index in [1.54, 1.807) is 19.2 Å². The quantitative estimate of drug-likeness (QED) is 0.499. The number of ether oxygens (including phenoxy) is 2. The predicted molar refractivity (Wildman–Crippen MR) is 106 cm³/mol. The largest absolute Gasteiger partial charge is 0.497 e. The highest BCUT2D eigenvalue weighted by atomic mass is 35.5. The van der Waals surface area contributed by atoms with E-state index in [1.165, 1.54) is 6.07 Å². The molecule has 2 rings (SSSR count). The number of halogens is 2. The zero-order valence-electron chi connectivity index (χ0n) is 13.8. The molecule has 0 heterocycles. The summed E-state index contributed by atoms with van der Waals surface area (Å²) in [6, 6.07) is 12.3. The molecule has 0 saturated carbocycles. The molecule has 2 aromatic carbocycles. The van der Waals surface area contributed by atoms with E-state index in [-0.39, 0.29) is 11.7 Å². The van der Waals surface area contributed by atoms with Crippen LogP contribution in [-0.2, 0) is 11.3 Å². The molecule has 6 nitrogen and oxygen atoms in total. The molecule has 0 radical (unpaired) electrons. The van der Waals surface area contributed by atoms with Crippen LogP contribution in [0.4, 0.5) is 0 Å². The molecule has 0 atom stereocenters. The summed E-state index contributed by atoms with van der Waals surface area (Å²) in [6.07, 6.45) is 0. The first-order chi connectivity index (χ1) is 12.5. The van der Waals surface area contributed by atoms with Crippen molar-refractivity contribution >= 4 is 46.4 Å². The monoisotopic (exact) mass is 413 g/mol. The maximum atomic E-state index is 11.8. The van der Waals surface area contributed by atoms with E-state index in [9.17, 15) is 4.79 Å². The predicted octanol–water partition coefficient (Wildman–Crippen LogP) is 3.08. The molecule has 0 fully saturated rings. The topological polar surface area (TPSA) is 71.6 Å². The Morgan fingerprint density at radius 3 is 2.50 bits per heavy atom. The molecule has 0 aliphatic heterocycles. The summed E-state index contributed by atoms with van der Waals surface area (Å²) in [5.74, 6) is 0.735. The number of rotatable bonds is 6. The number of hydrogen-bond acceptors (Lipinski definition) is 4. The molecular weight excluding hydrogens is 397 g/mol. The lowest BCUT2D eigenvalue weighted by Crippen LogP contribution is -2.48. The van der Waals surface area contributed by atoms with E-state index in [2.05, 4.69) is 16.2 Å². The molecule has 1 amide bonds. The van der Waals surface area contributed by atoms with Crippen molar-refractivity contribution in [3.63, 3.8) is 0 Å². The van der Waals surface area contributed by atoms with Crippen molar-refractivity contribution < 1.29 is 14.3 Å². The second-order valence-corrected chi connectivity index (χ2v) is 6.32. The number of carbonyl (C=O) groups excluding carboxylic acids is 1. The van der Waals surface area contributed by atoms with Crippen LogP contribution >= 0.6 is 35.4 Å². The van der Waals surface area contributed by atoms with Crippen LogP contribution in [0.1, 0.15) is 5.56 Å². The molecule has 0 unspecified atom stereocenters. The first-order valence-electron chi connectivity index (χ1n) is 7.51. The molecule has 9 heteroatoms. The zero-order valence-corrected chi connectivity index (χ0v) is 16.2. The van der Waals surface area contributed by atoms with Gasteiger partial charge in [0.15, 0.2) is 11.7 Å². The van der Waals surface area contributed by atoms with Gasteiger partial charge in [0, 0.05) is 11.6 Å². The highest BCUT2D eigenvalue weighted by Gasteiger charge is 2.07. The van der Waals surface area contributed by atoms with E-state index in [4.69, 9.17) is 44.9 Å². The van der Waals surface area contributed by atoms with Crippen molar-refractivity contribution in [2.24, 2.45) is 0 Å². The lowest BCUT2D eigenvalue weighted by atomic mass is 10.2. The number of carbonyl (C=O) groups is 1. The first kappa shape index (κ1) is 20.1. The fourth-order valence-corrected chi connectivity index (χ4v) is 2.45. The van der Waals surface area contributed by atoms with Crippen molar-refractivity contribution in [3.05, 3.63) is 58.1 Å². The molecule has 26 heavy (non-hydrogen) atoms. The van der Waals surface area contributed by atoms with E-state index >= 15 is 0 Å². The van der Waals surface area contributed by atoms with Crippen molar-refractivity contribution in [3.8, 4) is 11.5 Å². The third-order valence-electron chi connectivity index (χ3n) is 3.18. The Morgan fingerprint density at radius 2 is 1.85 bits per heavy atom. The standard InChI is InChI=1S/C17H17Cl2N3O3S/c1-24-13-5-2-11(3-6-13)9-20-17(26)22-21-16(23)10-25-15-7-4-12(18)8-14(15)19/h2-8H,9-10H2,1H3,(H,21,23)(H2,20,22,26). The van der Waals surface area contributed by atoms with E-state index in [0.29, 0.717) is 22.3 Å². The Hall–Kier alpha value is -2.22. The van der Waals surface area contributed by atoms with Crippen LogP contribution in [0.2, 0.25) is 10.0 Å². The second-order valence-electron chi connectivity index (χ2n) is 5.07. The molecular formula is C17H17Cl2N3O3S. The minimum absolute atomic E-state index is 0.227. The molecule has 0 aliphatic rings. The van der Waals surface area contributed by atoms with Gasteiger partial charge in [-0.2, -0.15) is 0 Å². The third kappa shape index (κ3) is 6.59. The van der Waals surface area contributed by atoms with Crippen molar-refractivity contribution in [1.29, 1.82) is 0 Å². The number of hydrogen-bond donors (Lipinski definition) is 3. The van der Waals surface area contributed by atoms with Crippen LogP contribution in [-0.4, -0.2) is 24.7 Å². The van der Waals surface area contributed by atoms with Gasteiger partial charge in [-0.1, -0.05) is 35.3 Å². The number of hydrazine groups is 1. The summed E-state index contributed by atoms with van der Waals surface area (Å²) in [7, 11) is 1.61. The van der Waals surface area contributed by atoms with Crippen LogP contribution in [0.15, 0.2) is 42.5 Å². The molecule has 0 spiro atoms. The molecule has 0 aliphatic carbocycles. The number of amides is 1. The summed E-state index contributed by atoms with van der Waals surface area (Å²) in [6.45, 7) is 0.276. The summed E-state index contributed by atoms with van der Waals surface area (Å²) in [5, 5.41) is 4.06. The summed E-state index contributed by atoms with van der Waals surface area (Å²) in [4.78, 5) is 11.8. The van der Waals surface area contributed by atoms with Gasteiger partial charge in [-0.15, -0.1) is 0 Å². The Morgan fingerprint density at radius 1 is 1.12 bits per heavy atom. The molecule has 0 aromatic heterocycles. The van der Waals surface area contributed by atoms with Gasteiger partial charge in [-0.3, -0.25) is 15.6 Å². The third-order valence-corrected chi connectivity index (χ3v) is 3.96. The van der Waals surface area contributed by atoms with E-state index < -0.39 is 5.91 Å². The number of methoxy groups -OCH3 is 1.